The van der Waals surface area contributed by atoms with E-state index in [0.29, 0.717) is 13.0 Å². The standard InChI is InChI=1S/C17H21N5O2/c1-13(20(2)17(24)10-21-9-3-4-16(21)23)14-5-7-15(8-6-14)22-12-18-11-19-22/h5-8,11-13H,3-4,9-10H2,1-2H3/t13-/m0/s1. The number of likely N-dealkylation sites (tertiary alicyclic amines) is 1. The fourth-order valence-corrected chi connectivity index (χ4v) is 2.83. The zero-order valence-electron chi connectivity index (χ0n) is 13.9. The topological polar surface area (TPSA) is 71.3 Å². The summed E-state index contributed by atoms with van der Waals surface area (Å²) in [7, 11) is 1.78. The molecule has 0 aliphatic carbocycles. The molecule has 0 radical (unpaired) electrons. The largest absolute Gasteiger partial charge is 0.337 e. The maximum absolute atomic E-state index is 12.4. The van der Waals surface area contributed by atoms with Crippen molar-refractivity contribution in [2.75, 3.05) is 20.1 Å². The third-order valence-corrected chi connectivity index (χ3v) is 4.53. The van der Waals surface area contributed by atoms with Gasteiger partial charge in [0.1, 0.15) is 12.7 Å². The van der Waals surface area contributed by atoms with Crippen LogP contribution < -0.4 is 0 Å². The third-order valence-electron chi connectivity index (χ3n) is 4.53. The highest BCUT2D eigenvalue weighted by atomic mass is 16.2. The number of carbonyl (C=O) groups is 2. The second-order valence-electron chi connectivity index (χ2n) is 6.03. The average Bonchev–Trinajstić information content (AvgIpc) is 3.26. The molecule has 1 saturated heterocycles. The SMILES string of the molecule is C[C@@H](c1ccc(-n2cncn2)cc1)N(C)C(=O)CN1CCCC1=O. The lowest BCUT2D eigenvalue weighted by atomic mass is 10.1. The highest BCUT2D eigenvalue weighted by Gasteiger charge is 2.25. The first-order valence-corrected chi connectivity index (χ1v) is 8.04. The molecule has 0 unspecified atom stereocenters. The molecule has 1 aromatic heterocycles. The van der Waals surface area contributed by atoms with Gasteiger partial charge in [-0.15, -0.1) is 0 Å². The molecule has 2 aromatic rings. The Labute approximate surface area is 140 Å². The number of amides is 2. The van der Waals surface area contributed by atoms with Gasteiger partial charge >= 0.3 is 0 Å². The minimum atomic E-state index is -0.0694. The van der Waals surface area contributed by atoms with Crippen molar-refractivity contribution in [1.82, 2.24) is 24.6 Å². The lowest BCUT2D eigenvalue weighted by Gasteiger charge is -2.27. The lowest BCUT2D eigenvalue weighted by Crippen LogP contribution is -2.40. The summed E-state index contributed by atoms with van der Waals surface area (Å²) in [6.07, 6.45) is 4.52. The van der Waals surface area contributed by atoms with Gasteiger partial charge in [-0.1, -0.05) is 12.1 Å². The number of rotatable bonds is 5. The monoisotopic (exact) mass is 327 g/mol. The molecule has 126 valence electrons. The van der Waals surface area contributed by atoms with Gasteiger partial charge in [0, 0.05) is 20.0 Å². The van der Waals surface area contributed by atoms with E-state index in [0.717, 1.165) is 17.7 Å². The van der Waals surface area contributed by atoms with E-state index < -0.39 is 0 Å². The molecule has 7 nitrogen and oxygen atoms in total. The lowest BCUT2D eigenvalue weighted by molar-refractivity contribution is -0.138. The molecule has 1 aliphatic rings. The van der Waals surface area contributed by atoms with E-state index in [-0.39, 0.29) is 24.4 Å². The van der Waals surface area contributed by atoms with Crippen molar-refractivity contribution >= 4 is 11.8 Å². The van der Waals surface area contributed by atoms with Crippen LogP contribution >= 0.6 is 0 Å². The van der Waals surface area contributed by atoms with Crippen molar-refractivity contribution in [2.45, 2.75) is 25.8 Å². The first-order chi connectivity index (χ1) is 11.6. The van der Waals surface area contributed by atoms with E-state index in [1.165, 1.54) is 6.33 Å². The van der Waals surface area contributed by atoms with E-state index >= 15 is 0 Å². The second kappa shape index (κ2) is 6.82. The van der Waals surface area contributed by atoms with Crippen LogP contribution in [0.25, 0.3) is 5.69 Å². The number of hydrogen-bond donors (Lipinski definition) is 0. The second-order valence-corrected chi connectivity index (χ2v) is 6.03. The molecule has 0 bridgehead atoms. The Hall–Kier alpha value is -2.70. The zero-order valence-corrected chi connectivity index (χ0v) is 13.9. The molecule has 1 aliphatic heterocycles. The van der Waals surface area contributed by atoms with Gasteiger partial charge in [0.15, 0.2) is 0 Å². The van der Waals surface area contributed by atoms with Crippen molar-refractivity contribution < 1.29 is 9.59 Å². The van der Waals surface area contributed by atoms with E-state index in [4.69, 9.17) is 0 Å². The summed E-state index contributed by atoms with van der Waals surface area (Å²) >= 11 is 0. The van der Waals surface area contributed by atoms with Gasteiger partial charge in [-0.2, -0.15) is 5.10 Å². The molecule has 2 heterocycles. The highest BCUT2D eigenvalue weighted by Crippen LogP contribution is 2.21. The van der Waals surface area contributed by atoms with Crippen LogP contribution in [0.1, 0.15) is 31.4 Å². The summed E-state index contributed by atoms with van der Waals surface area (Å²) in [6, 6.07) is 7.78. The summed E-state index contributed by atoms with van der Waals surface area (Å²) < 4.78 is 1.68. The average molecular weight is 327 g/mol. The van der Waals surface area contributed by atoms with Crippen molar-refractivity contribution in [3.63, 3.8) is 0 Å². The predicted octanol–water partition coefficient (Wildman–Crippen LogP) is 1.41. The molecule has 24 heavy (non-hydrogen) atoms. The Kier molecular flexibility index (Phi) is 4.59. The summed E-state index contributed by atoms with van der Waals surface area (Å²) in [5.41, 5.74) is 1.95. The van der Waals surface area contributed by atoms with Crippen LogP contribution in [0.2, 0.25) is 0 Å². The molecule has 7 heteroatoms. The summed E-state index contributed by atoms with van der Waals surface area (Å²) in [4.78, 5) is 31.3. The molecule has 0 saturated carbocycles. The van der Waals surface area contributed by atoms with Crippen molar-refractivity contribution in [3.05, 3.63) is 42.5 Å². The minimum absolute atomic E-state index is 0.0434. The highest BCUT2D eigenvalue weighted by molar-refractivity contribution is 5.86. The van der Waals surface area contributed by atoms with E-state index in [1.54, 1.807) is 27.9 Å². The minimum Gasteiger partial charge on any atom is -0.337 e. The normalized spacial score (nSPS) is 15.6. The molecule has 1 atom stereocenters. The maximum Gasteiger partial charge on any atom is 0.242 e. The number of carbonyl (C=O) groups excluding carboxylic acids is 2. The number of aromatic nitrogens is 3. The molecule has 3 rings (SSSR count). The first-order valence-electron chi connectivity index (χ1n) is 8.04. The Morgan fingerprint density at radius 1 is 1.33 bits per heavy atom. The fraction of sp³-hybridized carbons (Fsp3) is 0.412. The van der Waals surface area contributed by atoms with Crippen LogP contribution in [0.4, 0.5) is 0 Å². The smallest absolute Gasteiger partial charge is 0.242 e. The van der Waals surface area contributed by atoms with Crippen LogP contribution in [0, 0.1) is 0 Å². The Bertz CT molecular complexity index is 711. The number of nitrogens with zero attached hydrogens (tertiary/aromatic N) is 5. The van der Waals surface area contributed by atoms with Crippen LogP contribution in [0.3, 0.4) is 0 Å². The van der Waals surface area contributed by atoms with Crippen LogP contribution in [-0.4, -0.2) is 56.5 Å². The van der Waals surface area contributed by atoms with Gasteiger partial charge in [-0.25, -0.2) is 9.67 Å². The quantitative estimate of drug-likeness (QED) is 0.832. The van der Waals surface area contributed by atoms with E-state index in [1.807, 2.05) is 31.2 Å². The van der Waals surface area contributed by atoms with Gasteiger partial charge in [0.05, 0.1) is 18.3 Å². The fourth-order valence-electron chi connectivity index (χ4n) is 2.83. The number of benzene rings is 1. The van der Waals surface area contributed by atoms with Gasteiger partial charge in [0.25, 0.3) is 0 Å². The third kappa shape index (κ3) is 3.29. The maximum atomic E-state index is 12.4. The van der Waals surface area contributed by atoms with Crippen LogP contribution in [0.15, 0.2) is 36.9 Å². The van der Waals surface area contributed by atoms with Crippen molar-refractivity contribution in [2.24, 2.45) is 0 Å². The van der Waals surface area contributed by atoms with E-state index in [9.17, 15) is 9.59 Å². The van der Waals surface area contributed by atoms with Crippen molar-refractivity contribution in [1.29, 1.82) is 0 Å². The van der Waals surface area contributed by atoms with Gasteiger partial charge in [-0.05, 0) is 31.0 Å². The molecule has 0 spiro atoms. The molecule has 2 amide bonds. The molecule has 1 fully saturated rings. The summed E-state index contributed by atoms with van der Waals surface area (Å²) in [6.45, 7) is 2.82. The predicted molar refractivity (Wildman–Crippen MR) is 88.4 cm³/mol. The van der Waals surface area contributed by atoms with Crippen LogP contribution in [-0.2, 0) is 9.59 Å². The Morgan fingerprint density at radius 3 is 2.67 bits per heavy atom. The summed E-state index contributed by atoms with van der Waals surface area (Å²) in [5, 5.41) is 4.09. The zero-order chi connectivity index (χ0) is 17.1. The molecule has 0 N–H and O–H groups in total. The van der Waals surface area contributed by atoms with Crippen molar-refractivity contribution in [3.8, 4) is 5.69 Å². The van der Waals surface area contributed by atoms with Gasteiger partial charge in [0.2, 0.25) is 11.8 Å². The number of likely N-dealkylation sites (N-methyl/N-ethyl adjacent to an activating group) is 1. The Balaban J connectivity index is 1.65. The van der Waals surface area contributed by atoms with E-state index in [2.05, 4.69) is 10.1 Å². The first kappa shape index (κ1) is 16.2. The Morgan fingerprint density at radius 2 is 2.08 bits per heavy atom. The molecular formula is C17H21N5O2. The van der Waals surface area contributed by atoms with Gasteiger partial charge < -0.3 is 9.80 Å². The van der Waals surface area contributed by atoms with Crippen LogP contribution in [0.5, 0.6) is 0 Å². The summed E-state index contributed by atoms with van der Waals surface area (Å²) in [5.74, 6) is 0.0275. The number of hydrogen-bond acceptors (Lipinski definition) is 4. The molecular weight excluding hydrogens is 306 g/mol. The van der Waals surface area contributed by atoms with Gasteiger partial charge in [-0.3, -0.25) is 9.59 Å². The molecule has 1 aromatic carbocycles.